The van der Waals surface area contributed by atoms with Crippen molar-refractivity contribution < 1.29 is 32.2 Å². The summed E-state index contributed by atoms with van der Waals surface area (Å²) < 4.78 is 50.0. The first-order valence-electron chi connectivity index (χ1n) is 8.93. The lowest BCUT2D eigenvalue weighted by molar-refractivity contribution is -0.154. The molecule has 2 unspecified atom stereocenters. The molecular weight excluding hydrogens is 401 g/mol. The van der Waals surface area contributed by atoms with Crippen molar-refractivity contribution in [2.45, 2.75) is 24.2 Å². The van der Waals surface area contributed by atoms with E-state index < -0.39 is 45.7 Å². The number of nitrogens with two attached hydrogens (primary N) is 1. The van der Waals surface area contributed by atoms with Crippen molar-refractivity contribution in [2.24, 2.45) is 5.14 Å². The highest BCUT2D eigenvalue weighted by Gasteiger charge is 2.55. The van der Waals surface area contributed by atoms with Crippen LogP contribution in [0.2, 0.25) is 0 Å². The van der Waals surface area contributed by atoms with Gasteiger partial charge in [0.25, 0.3) is 0 Å². The zero-order valence-corrected chi connectivity index (χ0v) is 16.8. The topological polar surface area (TPSA) is 116 Å². The Labute approximate surface area is 169 Å². The number of ether oxygens (including phenoxy) is 2. The lowest BCUT2D eigenvalue weighted by Crippen LogP contribution is -2.58. The van der Waals surface area contributed by atoms with Crippen molar-refractivity contribution in [1.29, 1.82) is 0 Å². The zero-order valence-electron chi connectivity index (χ0n) is 16.0. The molecule has 0 fully saturated rings. The van der Waals surface area contributed by atoms with E-state index in [1.165, 1.54) is 25.1 Å². The summed E-state index contributed by atoms with van der Waals surface area (Å²) in [7, 11) is -4.49. The van der Waals surface area contributed by atoms with Crippen LogP contribution in [0.15, 0.2) is 54.6 Å². The summed E-state index contributed by atoms with van der Waals surface area (Å²) >= 11 is 0. The molecule has 3 N–H and O–H groups in total. The van der Waals surface area contributed by atoms with E-state index in [9.17, 15) is 22.7 Å². The standard InChI is InChI=1S/C20H24FNO6S/c1-2-28-19(24)20(18(12-23)29(22,25)26,16-10-6-7-11-17(16)21)14-27-13-15-8-4-3-5-9-15/h3-11,18,23H,2,12-14H2,1H3,(H2,22,25,26). The van der Waals surface area contributed by atoms with E-state index >= 15 is 0 Å². The number of primary sulfonamides is 1. The van der Waals surface area contributed by atoms with E-state index in [1.807, 2.05) is 6.07 Å². The summed E-state index contributed by atoms with van der Waals surface area (Å²) in [5.41, 5.74) is -1.71. The van der Waals surface area contributed by atoms with Crippen LogP contribution in [0.1, 0.15) is 18.1 Å². The number of aliphatic hydroxyl groups excluding tert-OH is 1. The lowest BCUT2D eigenvalue weighted by atomic mass is 9.77. The van der Waals surface area contributed by atoms with Crippen LogP contribution in [0.5, 0.6) is 0 Å². The van der Waals surface area contributed by atoms with Gasteiger partial charge in [-0.1, -0.05) is 48.5 Å². The molecule has 0 amide bonds. The van der Waals surface area contributed by atoms with Crippen molar-refractivity contribution in [3.05, 3.63) is 71.5 Å². The third-order valence-corrected chi connectivity index (χ3v) is 5.89. The van der Waals surface area contributed by atoms with E-state index in [-0.39, 0.29) is 18.8 Å². The number of aliphatic hydroxyl groups is 1. The molecule has 0 heterocycles. The number of hydrogen-bond acceptors (Lipinski definition) is 6. The Kier molecular flexibility index (Phi) is 7.86. The highest BCUT2D eigenvalue weighted by Crippen LogP contribution is 2.35. The van der Waals surface area contributed by atoms with Gasteiger partial charge in [0.2, 0.25) is 10.0 Å². The molecule has 0 aromatic heterocycles. The van der Waals surface area contributed by atoms with Gasteiger partial charge in [-0.15, -0.1) is 0 Å². The van der Waals surface area contributed by atoms with Gasteiger partial charge in [0.15, 0.2) is 0 Å². The average Bonchev–Trinajstić information content (AvgIpc) is 2.68. The highest BCUT2D eigenvalue weighted by atomic mass is 32.2. The highest BCUT2D eigenvalue weighted by molar-refractivity contribution is 7.89. The summed E-state index contributed by atoms with van der Waals surface area (Å²) in [6, 6.07) is 14.1. The largest absolute Gasteiger partial charge is 0.465 e. The number of esters is 1. The molecule has 2 rings (SSSR count). The fraction of sp³-hybridized carbons (Fsp3) is 0.350. The van der Waals surface area contributed by atoms with Gasteiger partial charge < -0.3 is 14.6 Å². The Balaban J connectivity index is 2.58. The summed E-state index contributed by atoms with van der Waals surface area (Å²) in [4.78, 5) is 13.0. The maximum Gasteiger partial charge on any atom is 0.320 e. The zero-order chi connectivity index (χ0) is 21.5. The molecule has 158 valence electrons. The first-order chi connectivity index (χ1) is 13.8. The molecule has 0 saturated heterocycles. The van der Waals surface area contributed by atoms with Gasteiger partial charge in [-0.2, -0.15) is 0 Å². The van der Waals surface area contributed by atoms with Crippen molar-refractivity contribution in [2.75, 3.05) is 19.8 Å². The number of rotatable bonds is 10. The number of sulfonamides is 1. The maximum atomic E-state index is 14.7. The Bertz CT molecular complexity index is 922. The van der Waals surface area contributed by atoms with E-state index in [0.29, 0.717) is 0 Å². The van der Waals surface area contributed by atoms with E-state index in [0.717, 1.165) is 11.6 Å². The van der Waals surface area contributed by atoms with Crippen LogP contribution in [0.25, 0.3) is 0 Å². The first kappa shape index (κ1) is 23.0. The number of benzene rings is 2. The van der Waals surface area contributed by atoms with Crippen LogP contribution in [0.4, 0.5) is 4.39 Å². The maximum absolute atomic E-state index is 14.7. The smallest absolute Gasteiger partial charge is 0.320 e. The molecule has 0 saturated carbocycles. The molecule has 2 atom stereocenters. The quantitative estimate of drug-likeness (QED) is 0.557. The number of carbonyl (C=O) groups excluding carboxylic acids is 1. The monoisotopic (exact) mass is 425 g/mol. The fourth-order valence-electron chi connectivity index (χ4n) is 3.17. The van der Waals surface area contributed by atoms with E-state index in [4.69, 9.17) is 14.6 Å². The van der Waals surface area contributed by atoms with Crippen molar-refractivity contribution in [3.63, 3.8) is 0 Å². The SMILES string of the molecule is CCOC(=O)C(COCc1ccccc1)(c1ccccc1F)C(CO)S(N)(=O)=O. The van der Waals surface area contributed by atoms with Crippen LogP contribution in [-0.2, 0) is 36.3 Å². The normalized spacial score (nSPS) is 14.8. The van der Waals surface area contributed by atoms with Gasteiger partial charge in [-0.05, 0) is 18.6 Å². The van der Waals surface area contributed by atoms with Crippen LogP contribution < -0.4 is 5.14 Å². The summed E-state index contributed by atoms with van der Waals surface area (Å²) in [6.45, 7) is -0.126. The summed E-state index contributed by atoms with van der Waals surface area (Å²) in [6.07, 6.45) is 0. The van der Waals surface area contributed by atoms with Gasteiger partial charge in [-0.3, -0.25) is 4.79 Å². The second kappa shape index (κ2) is 9.93. The minimum atomic E-state index is -4.49. The minimum absolute atomic E-state index is 0.0270. The molecule has 9 heteroatoms. The molecule has 0 aliphatic carbocycles. The van der Waals surface area contributed by atoms with Gasteiger partial charge in [0.1, 0.15) is 16.5 Å². The molecule has 29 heavy (non-hydrogen) atoms. The molecule has 2 aromatic carbocycles. The summed E-state index contributed by atoms with van der Waals surface area (Å²) in [5.74, 6) is -1.89. The second-order valence-corrected chi connectivity index (χ2v) is 8.16. The van der Waals surface area contributed by atoms with Crippen LogP contribution in [0, 0.1) is 5.82 Å². The predicted molar refractivity (Wildman–Crippen MR) is 105 cm³/mol. The third kappa shape index (κ3) is 5.18. The second-order valence-electron chi connectivity index (χ2n) is 6.41. The summed E-state index contributed by atoms with van der Waals surface area (Å²) in [5, 5.41) is 13.3. The Morgan fingerprint density at radius 1 is 1.17 bits per heavy atom. The molecule has 0 radical (unpaired) electrons. The van der Waals surface area contributed by atoms with Crippen LogP contribution in [-0.4, -0.2) is 44.6 Å². The average molecular weight is 425 g/mol. The first-order valence-corrected chi connectivity index (χ1v) is 10.5. The molecule has 0 aliphatic rings. The van der Waals surface area contributed by atoms with E-state index in [2.05, 4.69) is 0 Å². The lowest BCUT2D eigenvalue weighted by Gasteiger charge is -2.36. The minimum Gasteiger partial charge on any atom is -0.465 e. The van der Waals surface area contributed by atoms with Gasteiger partial charge >= 0.3 is 5.97 Å². The fourth-order valence-corrected chi connectivity index (χ4v) is 4.23. The van der Waals surface area contributed by atoms with Gasteiger partial charge in [-0.25, -0.2) is 17.9 Å². The van der Waals surface area contributed by atoms with E-state index in [1.54, 1.807) is 24.3 Å². The van der Waals surface area contributed by atoms with Crippen molar-refractivity contribution >= 4 is 16.0 Å². The van der Waals surface area contributed by atoms with Crippen LogP contribution in [0.3, 0.4) is 0 Å². The molecule has 0 aliphatic heterocycles. The number of hydrogen-bond donors (Lipinski definition) is 2. The predicted octanol–water partition coefficient (Wildman–Crippen LogP) is 1.49. The third-order valence-electron chi connectivity index (χ3n) is 4.55. The van der Waals surface area contributed by atoms with Crippen molar-refractivity contribution in [3.8, 4) is 0 Å². The molecular formula is C20H24FNO6S. The Hall–Kier alpha value is -2.33. The van der Waals surface area contributed by atoms with Crippen molar-refractivity contribution in [1.82, 2.24) is 0 Å². The molecule has 0 spiro atoms. The van der Waals surface area contributed by atoms with Crippen LogP contribution >= 0.6 is 0 Å². The molecule has 7 nitrogen and oxygen atoms in total. The molecule has 0 bridgehead atoms. The number of carbonyl (C=O) groups is 1. The van der Waals surface area contributed by atoms with Gasteiger partial charge in [0.05, 0.1) is 26.4 Å². The van der Waals surface area contributed by atoms with Gasteiger partial charge in [0, 0.05) is 5.56 Å². The Morgan fingerprint density at radius 2 is 1.79 bits per heavy atom. The number of halogens is 1. The molecule has 2 aromatic rings. The Morgan fingerprint density at radius 3 is 2.34 bits per heavy atom.